The van der Waals surface area contributed by atoms with Crippen molar-refractivity contribution in [3.63, 3.8) is 0 Å². The number of nitrogens with zero attached hydrogens (tertiary/aromatic N) is 2. The number of benzene rings is 1. The molecule has 7 heteroatoms. The van der Waals surface area contributed by atoms with Gasteiger partial charge in [-0.25, -0.2) is 4.99 Å². The molecule has 0 aliphatic carbocycles. The van der Waals surface area contributed by atoms with Gasteiger partial charge in [-0.05, 0) is 51.3 Å². The number of ether oxygens (including phenoxy) is 1. The zero-order chi connectivity index (χ0) is 20.2. The highest BCUT2D eigenvalue weighted by molar-refractivity contribution is 5.88. The maximum atomic E-state index is 12.9. The third kappa shape index (κ3) is 3.59. The van der Waals surface area contributed by atoms with E-state index in [0.717, 1.165) is 17.7 Å². The molecule has 1 aromatic carbocycles. The van der Waals surface area contributed by atoms with Crippen LogP contribution in [0, 0.1) is 5.92 Å². The summed E-state index contributed by atoms with van der Waals surface area (Å²) in [6, 6.07) is 5.04. The molecular formula is C20H27F3N2O2. The second kappa shape index (κ2) is 6.48. The van der Waals surface area contributed by atoms with Gasteiger partial charge in [0.05, 0.1) is 11.6 Å². The van der Waals surface area contributed by atoms with E-state index in [1.807, 2.05) is 32.8 Å². The second-order valence-electron chi connectivity index (χ2n) is 8.77. The van der Waals surface area contributed by atoms with Crippen LogP contribution < -0.4 is 0 Å². The molecule has 2 aliphatic heterocycles. The molecule has 27 heavy (non-hydrogen) atoms. The number of hydrogen-bond donors (Lipinski definition) is 0. The van der Waals surface area contributed by atoms with E-state index in [4.69, 9.17) is 14.6 Å². The van der Waals surface area contributed by atoms with Crippen molar-refractivity contribution in [1.29, 1.82) is 0 Å². The molecule has 0 spiro atoms. The lowest BCUT2D eigenvalue weighted by Gasteiger charge is -2.58. The van der Waals surface area contributed by atoms with Crippen LogP contribution in [0.3, 0.4) is 0 Å². The summed E-state index contributed by atoms with van der Waals surface area (Å²) < 4.78 is 44.6. The molecule has 2 aliphatic rings. The predicted molar refractivity (Wildman–Crippen MR) is 97.3 cm³/mol. The van der Waals surface area contributed by atoms with Gasteiger partial charge in [-0.3, -0.25) is 4.84 Å². The van der Waals surface area contributed by atoms with Gasteiger partial charge < -0.3 is 4.74 Å². The Balaban J connectivity index is 1.96. The maximum absolute atomic E-state index is 12.9. The Morgan fingerprint density at radius 3 is 2.19 bits per heavy atom. The molecule has 0 unspecified atom stereocenters. The minimum Gasteiger partial charge on any atom is -0.477 e. The third-order valence-electron chi connectivity index (χ3n) is 5.13. The molecule has 0 radical (unpaired) electrons. The number of hydroxylamine groups is 2. The summed E-state index contributed by atoms with van der Waals surface area (Å²) in [6.45, 7) is 12.5. The van der Waals surface area contributed by atoms with Gasteiger partial charge >= 0.3 is 6.18 Å². The van der Waals surface area contributed by atoms with Crippen LogP contribution in [0.25, 0.3) is 0 Å². The molecule has 0 aromatic heterocycles. The quantitative estimate of drug-likeness (QED) is 0.735. The summed E-state index contributed by atoms with van der Waals surface area (Å²) >= 11 is 0. The summed E-state index contributed by atoms with van der Waals surface area (Å²) in [4.78, 5) is 10.8. The van der Waals surface area contributed by atoms with Crippen LogP contribution in [0.4, 0.5) is 13.2 Å². The zero-order valence-electron chi connectivity index (χ0n) is 16.6. The Labute approximate surface area is 158 Å². The van der Waals surface area contributed by atoms with Gasteiger partial charge in [0, 0.05) is 5.54 Å². The lowest BCUT2D eigenvalue weighted by atomic mass is 9.83. The predicted octanol–water partition coefficient (Wildman–Crippen LogP) is 5.00. The fourth-order valence-electron chi connectivity index (χ4n) is 3.47. The van der Waals surface area contributed by atoms with E-state index < -0.39 is 17.3 Å². The summed E-state index contributed by atoms with van der Waals surface area (Å²) in [5, 5.41) is 1.81. The Kier molecular flexibility index (Phi) is 4.84. The highest BCUT2D eigenvalue weighted by Crippen LogP contribution is 2.51. The van der Waals surface area contributed by atoms with Crippen molar-refractivity contribution >= 4 is 5.90 Å². The average molecular weight is 384 g/mol. The number of rotatable bonds is 3. The van der Waals surface area contributed by atoms with Gasteiger partial charge in [0.15, 0.2) is 5.60 Å². The number of hydrogen-bond acceptors (Lipinski definition) is 4. The average Bonchev–Trinajstić information content (AvgIpc) is 3.01. The van der Waals surface area contributed by atoms with Crippen LogP contribution in [-0.2, 0) is 15.8 Å². The van der Waals surface area contributed by atoms with Crippen molar-refractivity contribution in [2.24, 2.45) is 10.9 Å². The highest BCUT2D eigenvalue weighted by Gasteiger charge is 2.61. The fourth-order valence-corrected chi connectivity index (χ4v) is 3.47. The van der Waals surface area contributed by atoms with Gasteiger partial charge in [0.25, 0.3) is 0 Å². The Bertz CT molecular complexity index is 722. The molecule has 0 saturated carbocycles. The molecule has 3 rings (SSSR count). The number of aliphatic imine (C=N–C) groups is 1. The molecule has 0 amide bonds. The van der Waals surface area contributed by atoms with Crippen LogP contribution >= 0.6 is 0 Å². The lowest BCUT2D eigenvalue weighted by Crippen LogP contribution is -2.68. The third-order valence-corrected chi connectivity index (χ3v) is 5.13. The van der Waals surface area contributed by atoms with Gasteiger partial charge in [-0.2, -0.15) is 18.2 Å². The lowest BCUT2D eigenvalue weighted by molar-refractivity contribution is -0.399. The molecule has 4 nitrogen and oxygen atoms in total. The molecule has 2 heterocycles. The first-order valence-electron chi connectivity index (χ1n) is 9.21. The van der Waals surface area contributed by atoms with E-state index in [0.29, 0.717) is 18.4 Å². The molecule has 3 atom stereocenters. The minimum atomic E-state index is -4.36. The Morgan fingerprint density at radius 2 is 1.74 bits per heavy atom. The second-order valence-corrected chi connectivity index (χ2v) is 8.77. The van der Waals surface area contributed by atoms with Gasteiger partial charge in [-0.15, -0.1) is 0 Å². The molecule has 150 valence electrons. The summed E-state index contributed by atoms with van der Waals surface area (Å²) in [5.41, 5.74) is -1.09. The van der Waals surface area contributed by atoms with Crippen molar-refractivity contribution < 1.29 is 22.7 Å². The van der Waals surface area contributed by atoms with Crippen molar-refractivity contribution in [3.05, 3.63) is 35.4 Å². The maximum Gasteiger partial charge on any atom is 0.416 e. The Hall–Kier alpha value is -1.60. The van der Waals surface area contributed by atoms with Crippen LogP contribution in [-0.4, -0.2) is 34.7 Å². The van der Waals surface area contributed by atoms with Crippen LogP contribution in [0.1, 0.15) is 58.7 Å². The fraction of sp³-hybridized carbons (Fsp3) is 0.650. The van der Waals surface area contributed by atoms with E-state index in [2.05, 4.69) is 13.8 Å². The first kappa shape index (κ1) is 20.1. The number of alkyl halides is 3. The van der Waals surface area contributed by atoms with Crippen molar-refractivity contribution in [1.82, 2.24) is 5.06 Å². The largest absolute Gasteiger partial charge is 0.477 e. The summed E-state index contributed by atoms with van der Waals surface area (Å²) in [5.74, 6) is 0.862. The van der Waals surface area contributed by atoms with E-state index in [1.54, 1.807) is 0 Å². The minimum absolute atomic E-state index is 0.0670. The smallest absolute Gasteiger partial charge is 0.416 e. The SMILES string of the molecule is CC(C)[C@H]1COC([C@]2(C)ON(C(C)(C)C)[C@H]2c2ccc(C(F)(F)F)cc2)=N1. The normalized spacial score (nSPS) is 29.5. The van der Waals surface area contributed by atoms with Gasteiger partial charge in [0.1, 0.15) is 12.6 Å². The molecule has 1 aromatic rings. The van der Waals surface area contributed by atoms with E-state index in [1.165, 1.54) is 12.1 Å². The molecule has 1 saturated heterocycles. The molecule has 0 N–H and O–H groups in total. The Morgan fingerprint density at radius 1 is 1.15 bits per heavy atom. The topological polar surface area (TPSA) is 34.1 Å². The number of halogens is 3. The molecule has 0 bridgehead atoms. The van der Waals surface area contributed by atoms with E-state index in [9.17, 15) is 13.2 Å². The summed E-state index contributed by atoms with van der Waals surface area (Å²) in [6.07, 6.45) is -4.36. The van der Waals surface area contributed by atoms with Crippen molar-refractivity contribution in [2.75, 3.05) is 6.61 Å². The zero-order valence-corrected chi connectivity index (χ0v) is 16.6. The monoisotopic (exact) mass is 384 g/mol. The van der Waals surface area contributed by atoms with E-state index >= 15 is 0 Å². The van der Waals surface area contributed by atoms with Crippen LogP contribution in [0.2, 0.25) is 0 Å². The van der Waals surface area contributed by atoms with Crippen molar-refractivity contribution in [3.8, 4) is 0 Å². The first-order valence-corrected chi connectivity index (χ1v) is 9.21. The molecule has 1 fully saturated rings. The first-order chi connectivity index (χ1) is 12.3. The van der Waals surface area contributed by atoms with Crippen LogP contribution in [0.15, 0.2) is 29.3 Å². The summed E-state index contributed by atoms with van der Waals surface area (Å²) in [7, 11) is 0. The van der Waals surface area contributed by atoms with Crippen molar-refractivity contribution in [2.45, 2.75) is 70.9 Å². The highest BCUT2D eigenvalue weighted by atomic mass is 19.4. The molecular weight excluding hydrogens is 357 g/mol. The van der Waals surface area contributed by atoms with Gasteiger partial charge in [0.2, 0.25) is 5.90 Å². The van der Waals surface area contributed by atoms with E-state index in [-0.39, 0.29) is 17.6 Å². The van der Waals surface area contributed by atoms with Crippen LogP contribution in [0.5, 0.6) is 0 Å². The standard InChI is InChI=1S/C20H27F3N2O2/c1-12(2)15-11-26-17(24-15)19(6)16(25(27-19)18(3,4)5)13-7-9-14(10-8-13)20(21,22)23/h7-10,12,15-16H,11H2,1-6H3/t15-,16+,19-/m1/s1. The van der Waals surface area contributed by atoms with Gasteiger partial charge in [-0.1, -0.05) is 26.0 Å².